The van der Waals surface area contributed by atoms with E-state index >= 15 is 0 Å². The van der Waals surface area contributed by atoms with E-state index in [0.29, 0.717) is 21.8 Å². The summed E-state index contributed by atoms with van der Waals surface area (Å²) >= 11 is 0. The second-order valence-electron chi connectivity index (χ2n) is 8.62. The molecule has 0 saturated carbocycles. The standard InChI is InChI=1S/C26H30N2O3S/c1-26(2,3)32(31)23-18-12-11-17-22(23)28(5)25(30)27(4)21-16-10-9-15-20(21)24(29)19-13-7-6-8-14-19/h6-18,24,29H,1-5H3/t24-,32+/m0/s1. The van der Waals surface area contributed by atoms with Crippen LogP contribution in [0.25, 0.3) is 0 Å². The SMILES string of the molecule is CN(C(=O)N(C)c1ccccc1[S@@](=O)C(C)(C)C)c1ccccc1[C@@H](O)c1ccccc1. The third-order valence-corrected chi connectivity index (χ3v) is 7.12. The Balaban J connectivity index is 1.95. The summed E-state index contributed by atoms with van der Waals surface area (Å²) in [6.45, 7) is 5.74. The number of urea groups is 1. The molecule has 5 nitrogen and oxygen atoms in total. The van der Waals surface area contributed by atoms with Crippen molar-refractivity contribution in [2.75, 3.05) is 23.9 Å². The van der Waals surface area contributed by atoms with E-state index in [1.807, 2.05) is 87.5 Å². The number of carbonyl (C=O) groups excluding carboxylic acids is 1. The molecule has 3 aromatic rings. The minimum Gasteiger partial charge on any atom is -0.384 e. The predicted octanol–water partition coefficient (Wildman–Crippen LogP) is 5.37. The van der Waals surface area contributed by atoms with E-state index in [0.717, 1.165) is 5.56 Å². The minimum atomic E-state index is -1.30. The molecule has 0 bridgehead atoms. The van der Waals surface area contributed by atoms with Gasteiger partial charge in [0.2, 0.25) is 0 Å². The van der Waals surface area contributed by atoms with Crippen molar-refractivity contribution in [2.24, 2.45) is 0 Å². The fraction of sp³-hybridized carbons (Fsp3) is 0.269. The maximum absolute atomic E-state index is 13.5. The number of carbonyl (C=O) groups is 1. The number of amides is 2. The predicted molar refractivity (Wildman–Crippen MR) is 132 cm³/mol. The molecule has 0 radical (unpaired) electrons. The summed E-state index contributed by atoms with van der Waals surface area (Å²) in [5, 5.41) is 11.0. The highest BCUT2D eigenvalue weighted by atomic mass is 32.2. The molecule has 2 amide bonds. The van der Waals surface area contributed by atoms with Gasteiger partial charge in [0.05, 0.1) is 27.1 Å². The first-order valence-corrected chi connectivity index (χ1v) is 11.6. The fourth-order valence-corrected chi connectivity index (χ4v) is 4.75. The highest BCUT2D eigenvalue weighted by Crippen LogP contribution is 2.33. The molecule has 2 atom stereocenters. The van der Waals surface area contributed by atoms with Crippen LogP contribution in [0.5, 0.6) is 0 Å². The van der Waals surface area contributed by atoms with E-state index in [4.69, 9.17) is 0 Å². The van der Waals surface area contributed by atoms with Crippen molar-refractivity contribution in [2.45, 2.75) is 36.5 Å². The van der Waals surface area contributed by atoms with Gasteiger partial charge in [-0.15, -0.1) is 0 Å². The summed E-state index contributed by atoms with van der Waals surface area (Å²) in [6.07, 6.45) is -0.867. The molecule has 0 aliphatic rings. The second kappa shape index (κ2) is 9.67. The highest BCUT2D eigenvalue weighted by Gasteiger charge is 2.28. The number of hydrogen-bond acceptors (Lipinski definition) is 3. The van der Waals surface area contributed by atoms with Gasteiger partial charge in [-0.2, -0.15) is 0 Å². The summed E-state index contributed by atoms with van der Waals surface area (Å²) in [6, 6.07) is 23.6. The first-order chi connectivity index (χ1) is 15.1. The Bertz CT molecular complexity index is 1110. The lowest BCUT2D eigenvalue weighted by Gasteiger charge is -2.29. The van der Waals surface area contributed by atoms with Crippen molar-refractivity contribution in [1.82, 2.24) is 0 Å². The summed E-state index contributed by atoms with van der Waals surface area (Å²) in [7, 11) is 2.06. The van der Waals surface area contributed by atoms with Gasteiger partial charge in [-0.1, -0.05) is 60.7 Å². The van der Waals surface area contributed by atoms with Crippen LogP contribution in [0.2, 0.25) is 0 Å². The van der Waals surface area contributed by atoms with Crippen molar-refractivity contribution >= 4 is 28.2 Å². The summed E-state index contributed by atoms with van der Waals surface area (Å²) in [4.78, 5) is 17.1. The third-order valence-electron chi connectivity index (χ3n) is 5.26. The lowest BCUT2D eigenvalue weighted by atomic mass is 9.99. The third kappa shape index (κ3) is 4.92. The van der Waals surface area contributed by atoms with Crippen molar-refractivity contribution in [3.05, 3.63) is 90.0 Å². The van der Waals surface area contributed by atoms with Crippen LogP contribution in [0.15, 0.2) is 83.8 Å². The molecule has 0 heterocycles. The van der Waals surface area contributed by atoms with Crippen LogP contribution in [-0.2, 0) is 10.8 Å². The Hall–Kier alpha value is -2.96. The maximum atomic E-state index is 13.5. The number of nitrogens with zero attached hydrogens (tertiary/aromatic N) is 2. The van der Waals surface area contributed by atoms with E-state index in [2.05, 4.69) is 0 Å². The number of rotatable bonds is 5. The normalized spacial score (nSPS) is 13.3. The fourth-order valence-electron chi connectivity index (χ4n) is 3.49. The van der Waals surface area contributed by atoms with Crippen LogP contribution >= 0.6 is 0 Å². The molecule has 0 aromatic heterocycles. The number of anilines is 2. The van der Waals surface area contributed by atoms with Crippen LogP contribution in [-0.4, -0.2) is 34.2 Å². The topological polar surface area (TPSA) is 60.9 Å². The molecule has 3 rings (SSSR count). The Labute approximate surface area is 192 Å². The number of hydrogen-bond donors (Lipinski definition) is 1. The number of aliphatic hydroxyl groups is 1. The van der Waals surface area contributed by atoms with Gasteiger partial charge in [0.25, 0.3) is 0 Å². The largest absolute Gasteiger partial charge is 0.384 e. The Morgan fingerprint density at radius 2 is 1.31 bits per heavy atom. The van der Waals surface area contributed by atoms with Gasteiger partial charge in [-0.05, 0) is 44.5 Å². The lowest BCUT2D eigenvalue weighted by molar-refractivity contribution is 0.220. The van der Waals surface area contributed by atoms with Crippen LogP contribution in [0.4, 0.5) is 16.2 Å². The molecule has 32 heavy (non-hydrogen) atoms. The molecular formula is C26H30N2O3S. The summed E-state index contributed by atoms with van der Waals surface area (Å²) < 4.78 is 12.6. The van der Waals surface area contributed by atoms with Crippen molar-refractivity contribution < 1.29 is 14.1 Å². The van der Waals surface area contributed by atoms with Gasteiger partial charge < -0.3 is 5.11 Å². The molecule has 0 fully saturated rings. The van der Waals surface area contributed by atoms with E-state index < -0.39 is 21.7 Å². The van der Waals surface area contributed by atoms with Crippen molar-refractivity contribution in [3.63, 3.8) is 0 Å². The monoisotopic (exact) mass is 450 g/mol. The summed E-state index contributed by atoms with van der Waals surface area (Å²) in [5.41, 5.74) is 2.59. The molecule has 0 aliphatic heterocycles. The molecule has 0 spiro atoms. The molecule has 1 N–H and O–H groups in total. The summed E-state index contributed by atoms with van der Waals surface area (Å²) in [5.74, 6) is 0. The Morgan fingerprint density at radius 3 is 1.94 bits per heavy atom. The molecule has 0 unspecified atom stereocenters. The number of benzene rings is 3. The molecule has 3 aromatic carbocycles. The molecular weight excluding hydrogens is 420 g/mol. The van der Waals surface area contributed by atoms with Gasteiger partial charge in [0.1, 0.15) is 6.10 Å². The van der Waals surface area contributed by atoms with Gasteiger partial charge in [-0.3, -0.25) is 14.0 Å². The highest BCUT2D eigenvalue weighted by molar-refractivity contribution is 7.86. The lowest BCUT2D eigenvalue weighted by Crippen LogP contribution is -2.40. The van der Waals surface area contributed by atoms with Crippen molar-refractivity contribution in [1.29, 1.82) is 0 Å². The average Bonchev–Trinajstić information content (AvgIpc) is 2.81. The molecule has 0 aliphatic carbocycles. The van der Waals surface area contributed by atoms with Gasteiger partial charge in [-0.25, -0.2) is 4.79 Å². The van der Waals surface area contributed by atoms with Crippen molar-refractivity contribution in [3.8, 4) is 0 Å². The molecule has 168 valence electrons. The first kappa shape index (κ1) is 23.7. The van der Waals surface area contributed by atoms with Crippen LogP contribution < -0.4 is 9.80 Å². The minimum absolute atomic E-state index is 0.295. The Kier molecular flexibility index (Phi) is 7.16. The van der Waals surface area contributed by atoms with Crippen LogP contribution in [0.3, 0.4) is 0 Å². The zero-order valence-corrected chi connectivity index (χ0v) is 20.0. The number of para-hydroxylation sites is 2. The van der Waals surface area contributed by atoms with E-state index in [1.165, 1.54) is 9.80 Å². The van der Waals surface area contributed by atoms with Crippen LogP contribution in [0.1, 0.15) is 38.0 Å². The maximum Gasteiger partial charge on any atom is 0.328 e. The smallest absolute Gasteiger partial charge is 0.328 e. The van der Waals surface area contributed by atoms with Gasteiger partial charge in [0, 0.05) is 24.4 Å². The number of aliphatic hydroxyl groups excluding tert-OH is 1. The van der Waals surface area contributed by atoms with E-state index in [9.17, 15) is 14.1 Å². The first-order valence-electron chi connectivity index (χ1n) is 10.5. The Morgan fingerprint density at radius 1 is 0.812 bits per heavy atom. The second-order valence-corrected chi connectivity index (χ2v) is 10.8. The zero-order valence-electron chi connectivity index (χ0n) is 19.1. The van der Waals surface area contributed by atoms with Crippen LogP contribution in [0, 0.1) is 0 Å². The quantitative estimate of drug-likeness (QED) is 0.569. The molecule has 6 heteroatoms. The zero-order chi connectivity index (χ0) is 23.5. The molecule has 0 saturated heterocycles. The van der Waals surface area contributed by atoms with E-state index in [-0.39, 0.29) is 6.03 Å². The average molecular weight is 451 g/mol. The van der Waals surface area contributed by atoms with Gasteiger partial charge >= 0.3 is 6.03 Å². The van der Waals surface area contributed by atoms with Gasteiger partial charge in [0.15, 0.2) is 0 Å². The van der Waals surface area contributed by atoms with E-state index in [1.54, 1.807) is 26.2 Å².